The minimum Gasteiger partial charge on any atom is -0.243 e. The van der Waals surface area contributed by atoms with E-state index in [1.165, 1.54) is 20.2 Å². The van der Waals surface area contributed by atoms with Crippen molar-refractivity contribution in [3.8, 4) is 0 Å². The summed E-state index contributed by atoms with van der Waals surface area (Å²) in [5.41, 5.74) is 0. The number of benzene rings is 1. The topological polar surface area (TPSA) is 12.9 Å². The lowest BCUT2D eigenvalue weighted by Crippen LogP contribution is -1.71. The van der Waals surface area contributed by atoms with E-state index in [1.54, 1.807) is 11.3 Å². The van der Waals surface area contributed by atoms with Gasteiger partial charge in [0.05, 0.1) is 4.70 Å². The van der Waals surface area contributed by atoms with Crippen LogP contribution in [-0.4, -0.2) is 4.98 Å². The van der Waals surface area contributed by atoms with Gasteiger partial charge in [0, 0.05) is 21.7 Å². The van der Waals surface area contributed by atoms with Gasteiger partial charge >= 0.3 is 0 Å². The molecular weight excluding hydrogens is 214 g/mol. The van der Waals surface area contributed by atoms with Crippen molar-refractivity contribution in [1.29, 1.82) is 0 Å². The van der Waals surface area contributed by atoms with Crippen molar-refractivity contribution in [3.05, 3.63) is 41.7 Å². The summed E-state index contributed by atoms with van der Waals surface area (Å²) in [5, 5.41) is 3.02. The second-order valence-electron chi connectivity index (χ2n) is 3.10. The standard InChI is InChI=1S/C11H6ClNS/c12-11-5-8-7-3-1-2-4-9(7)14-10(8)6-13-11/h1-6H. The van der Waals surface area contributed by atoms with Gasteiger partial charge in [0.25, 0.3) is 0 Å². The van der Waals surface area contributed by atoms with E-state index in [1.807, 2.05) is 24.4 Å². The highest BCUT2D eigenvalue weighted by molar-refractivity contribution is 7.25. The van der Waals surface area contributed by atoms with Gasteiger partial charge in [-0.15, -0.1) is 11.3 Å². The molecular formula is C11H6ClNS. The van der Waals surface area contributed by atoms with Crippen molar-refractivity contribution in [2.45, 2.75) is 0 Å². The fourth-order valence-corrected chi connectivity index (χ4v) is 2.82. The number of aromatic nitrogens is 1. The first-order chi connectivity index (χ1) is 6.84. The average molecular weight is 220 g/mol. The number of pyridine rings is 1. The Morgan fingerprint density at radius 2 is 1.93 bits per heavy atom. The first-order valence-corrected chi connectivity index (χ1v) is 5.47. The third-order valence-electron chi connectivity index (χ3n) is 2.23. The summed E-state index contributed by atoms with van der Waals surface area (Å²) in [6.07, 6.45) is 1.84. The largest absolute Gasteiger partial charge is 0.243 e. The lowest BCUT2D eigenvalue weighted by atomic mass is 10.2. The molecule has 3 heteroatoms. The van der Waals surface area contributed by atoms with E-state index in [0.717, 1.165) is 0 Å². The fraction of sp³-hybridized carbons (Fsp3) is 0. The number of hydrogen-bond acceptors (Lipinski definition) is 2. The highest BCUT2D eigenvalue weighted by Gasteiger charge is 2.04. The Hall–Kier alpha value is -1.12. The summed E-state index contributed by atoms with van der Waals surface area (Å²) in [4.78, 5) is 4.08. The van der Waals surface area contributed by atoms with Gasteiger partial charge in [-0.25, -0.2) is 4.98 Å². The van der Waals surface area contributed by atoms with Crippen LogP contribution in [0, 0.1) is 0 Å². The molecule has 0 aliphatic heterocycles. The van der Waals surface area contributed by atoms with E-state index in [2.05, 4.69) is 17.1 Å². The number of thiophene rings is 1. The van der Waals surface area contributed by atoms with Crippen LogP contribution in [0.5, 0.6) is 0 Å². The predicted octanol–water partition coefficient (Wildman–Crippen LogP) is 4.10. The summed E-state index contributed by atoms with van der Waals surface area (Å²) < 4.78 is 2.47. The second kappa shape index (κ2) is 2.94. The smallest absolute Gasteiger partial charge is 0.129 e. The van der Waals surface area contributed by atoms with E-state index in [0.29, 0.717) is 5.15 Å². The molecule has 0 bridgehead atoms. The van der Waals surface area contributed by atoms with Gasteiger partial charge in [-0.3, -0.25) is 0 Å². The molecule has 0 aliphatic rings. The van der Waals surface area contributed by atoms with Gasteiger partial charge < -0.3 is 0 Å². The van der Waals surface area contributed by atoms with E-state index in [4.69, 9.17) is 11.6 Å². The van der Waals surface area contributed by atoms with Crippen LogP contribution in [0.15, 0.2) is 36.5 Å². The lowest BCUT2D eigenvalue weighted by Gasteiger charge is -1.90. The van der Waals surface area contributed by atoms with Gasteiger partial charge in [-0.2, -0.15) is 0 Å². The number of fused-ring (bicyclic) bond motifs is 3. The van der Waals surface area contributed by atoms with Crippen LogP contribution >= 0.6 is 22.9 Å². The van der Waals surface area contributed by atoms with Crippen LogP contribution in [0.25, 0.3) is 20.2 Å². The van der Waals surface area contributed by atoms with Gasteiger partial charge in [-0.1, -0.05) is 29.8 Å². The minimum atomic E-state index is 0.557. The number of halogens is 1. The molecule has 68 valence electrons. The van der Waals surface area contributed by atoms with Gasteiger partial charge in [-0.05, 0) is 12.1 Å². The maximum absolute atomic E-state index is 5.87. The quantitative estimate of drug-likeness (QED) is 0.519. The molecule has 1 aromatic carbocycles. The number of nitrogens with zero attached hydrogens (tertiary/aromatic N) is 1. The molecule has 3 rings (SSSR count). The van der Waals surface area contributed by atoms with Crippen molar-refractivity contribution in [1.82, 2.24) is 4.98 Å². The molecule has 0 N–H and O–H groups in total. The Labute approximate surface area is 90.0 Å². The molecule has 0 amide bonds. The zero-order chi connectivity index (χ0) is 9.54. The highest BCUT2D eigenvalue weighted by atomic mass is 35.5. The Balaban J connectivity index is 2.58. The van der Waals surface area contributed by atoms with E-state index in [-0.39, 0.29) is 0 Å². The molecule has 0 aliphatic carbocycles. The van der Waals surface area contributed by atoms with Crippen LogP contribution in [0.3, 0.4) is 0 Å². The molecule has 0 fully saturated rings. The molecule has 0 atom stereocenters. The summed E-state index contributed by atoms with van der Waals surface area (Å²) >= 11 is 7.62. The first-order valence-electron chi connectivity index (χ1n) is 4.27. The van der Waals surface area contributed by atoms with Crippen LogP contribution < -0.4 is 0 Å². The normalized spacial score (nSPS) is 11.2. The third-order valence-corrected chi connectivity index (χ3v) is 3.56. The molecule has 1 nitrogen and oxygen atoms in total. The number of hydrogen-bond donors (Lipinski definition) is 0. The van der Waals surface area contributed by atoms with Gasteiger partial charge in [0.15, 0.2) is 0 Å². The third kappa shape index (κ3) is 1.11. The van der Waals surface area contributed by atoms with E-state index < -0.39 is 0 Å². The first kappa shape index (κ1) is 8.21. The molecule has 0 saturated heterocycles. The lowest BCUT2D eigenvalue weighted by molar-refractivity contribution is 1.37. The zero-order valence-corrected chi connectivity index (χ0v) is 8.77. The maximum atomic E-state index is 5.87. The Morgan fingerprint density at radius 3 is 2.86 bits per heavy atom. The van der Waals surface area contributed by atoms with Crippen molar-refractivity contribution in [2.24, 2.45) is 0 Å². The second-order valence-corrected chi connectivity index (χ2v) is 4.57. The monoisotopic (exact) mass is 219 g/mol. The Morgan fingerprint density at radius 1 is 1.07 bits per heavy atom. The van der Waals surface area contributed by atoms with Crippen LogP contribution in [-0.2, 0) is 0 Å². The van der Waals surface area contributed by atoms with E-state index >= 15 is 0 Å². The van der Waals surface area contributed by atoms with Gasteiger partial charge in [0.2, 0.25) is 0 Å². The molecule has 0 spiro atoms. The number of rotatable bonds is 0. The molecule has 2 aromatic heterocycles. The minimum absolute atomic E-state index is 0.557. The molecule has 0 radical (unpaired) electrons. The van der Waals surface area contributed by atoms with E-state index in [9.17, 15) is 0 Å². The van der Waals surface area contributed by atoms with Crippen molar-refractivity contribution < 1.29 is 0 Å². The highest BCUT2D eigenvalue weighted by Crippen LogP contribution is 2.33. The van der Waals surface area contributed by atoms with Crippen LogP contribution in [0.4, 0.5) is 0 Å². The summed E-state index contributed by atoms with van der Waals surface area (Å²) in [6, 6.07) is 10.3. The zero-order valence-electron chi connectivity index (χ0n) is 7.20. The summed E-state index contributed by atoms with van der Waals surface area (Å²) in [5.74, 6) is 0. The molecule has 3 aromatic rings. The van der Waals surface area contributed by atoms with Crippen LogP contribution in [0.1, 0.15) is 0 Å². The van der Waals surface area contributed by atoms with Crippen LogP contribution in [0.2, 0.25) is 5.15 Å². The Bertz CT molecular complexity index is 615. The van der Waals surface area contributed by atoms with Crippen molar-refractivity contribution in [3.63, 3.8) is 0 Å². The van der Waals surface area contributed by atoms with Gasteiger partial charge in [0.1, 0.15) is 5.15 Å². The SMILES string of the molecule is Clc1cc2c(cn1)sc1ccccc12. The van der Waals surface area contributed by atoms with Crippen molar-refractivity contribution >= 4 is 43.1 Å². The predicted molar refractivity (Wildman–Crippen MR) is 62.1 cm³/mol. The van der Waals surface area contributed by atoms with Crippen molar-refractivity contribution in [2.75, 3.05) is 0 Å². The molecule has 14 heavy (non-hydrogen) atoms. The summed E-state index contributed by atoms with van der Waals surface area (Å²) in [7, 11) is 0. The summed E-state index contributed by atoms with van der Waals surface area (Å²) in [6.45, 7) is 0. The Kier molecular flexibility index (Phi) is 1.72. The average Bonchev–Trinajstić information content (AvgIpc) is 2.56. The molecule has 2 heterocycles. The maximum Gasteiger partial charge on any atom is 0.129 e. The molecule has 0 saturated carbocycles. The molecule has 0 unspecified atom stereocenters. The fourth-order valence-electron chi connectivity index (χ4n) is 1.61.